The molecule has 4 unspecified atom stereocenters. The third-order valence-electron chi connectivity index (χ3n) is 22.0. The van der Waals surface area contributed by atoms with E-state index in [0.717, 1.165) is 66.8 Å². The number of aryl methyl sites for hydroxylation is 2. The van der Waals surface area contributed by atoms with Crippen LogP contribution in [0.1, 0.15) is 132 Å². The average Bonchev–Trinajstić information content (AvgIpc) is 1.40. The number of hydrogen-bond acceptors (Lipinski definition) is 21. The zero-order chi connectivity index (χ0) is 69.3. The van der Waals surface area contributed by atoms with Crippen molar-refractivity contribution in [3.63, 3.8) is 0 Å². The number of aromatic hydroxyl groups is 1. The van der Waals surface area contributed by atoms with E-state index in [2.05, 4.69) is 64.1 Å². The fraction of sp³-hybridized carbons (Fsp3) is 0.395. The normalized spacial score (nSPS) is 24.7. The molecule has 16 rings (SSSR count). The van der Waals surface area contributed by atoms with Crippen LogP contribution < -0.4 is 42.6 Å². The van der Waals surface area contributed by atoms with Gasteiger partial charge in [-0.25, -0.2) is 0 Å². The van der Waals surface area contributed by atoms with Crippen LogP contribution in [0, 0.1) is 50.4 Å². The van der Waals surface area contributed by atoms with E-state index < -0.39 is 24.2 Å². The van der Waals surface area contributed by atoms with Gasteiger partial charge in [-0.3, -0.25) is 48.6 Å². The molecule has 23 heteroatoms. The Morgan fingerprint density at radius 2 is 0.939 bits per heavy atom. The number of carbonyl (C=O) groups is 4. The summed E-state index contributed by atoms with van der Waals surface area (Å²) in [6.45, 7) is 16.0. The lowest BCUT2D eigenvalue weighted by atomic mass is 9.71. The number of methoxy groups -OCH3 is 3. The number of likely N-dealkylation sites (N-methyl/N-ethyl adjacent to an activating group) is 2. The van der Waals surface area contributed by atoms with Gasteiger partial charge in [0, 0.05) is 88.9 Å². The van der Waals surface area contributed by atoms with E-state index in [1.165, 1.54) is 9.80 Å². The fourth-order valence-corrected chi connectivity index (χ4v) is 18.1. The van der Waals surface area contributed by atoms with Gasteiger partial charge in [0.2, 0.25) is 13.6 Å². The van der Waals surface area contributed by atoms with Crippen molar-refractivity contribution in [2.75, 3.05) is 82.1 Å². The lowest BCUT2D eigenvalue weighted by molar-refractivity contribution is -0.0766. The van der Waals surface area contributed by atoms with E-state index in [-0.39, 0.29) is 112 Å². The highest BCUT2D eigenvalue weighted by Crippen LogP contribution is 2.62. The Kier molecular flexibility index (Phi) is 16.4. The molecular formula is C76H76N8O15. The largest absolute Gasteiger partial charge is 0.504 e. The van der Waals surface area contributed by atoms with Gasteiger partial charge in [0.15, 0.2) is 52.8 Å². The summed E-state index contributed by atoms with van der Waals surface area (Å²) in [4.78, 5) is 67.0. The Balaban J connectivity index is 0.000000162. The van der Waals surface area contributed by atoms with Crippen molar-refractivity contribution < 1.29 is 71.7 Å². The zero-order valence-corrected chi connectivity index (χ0v) is 56.6. The molecule has 10 atom stereocenters. The summed E-state index contributed by atoms with van der Waals surface area (Å²) in [5, 5.41) is 33.8. The van der Waals surface area contributed by atoms with Gasteiger partial charge in [-0.1, -0.05) is 61.7 Å². The second kappa shape index (κ2) is 25.0. The van der Waals surface area contributed by atoms with Crippen molar-refractivity contribution in [2.24, 2.45) is 0 Å². The molecule has 6 aromatic rings. The van der Waals surface area contributed by atoms with Crippen molar-refractivity contribution >= 4 is 23.6 Å². The molecule has 10 aliphatic rings. The van der Waals surface area contributed by atoms with Crippen LogP contribution in [0.3, 0.4) is 0 Å². The maximum absolute atomic E-state index is 13.9. The Bertz CT molecular complexity index is 4490. The Labute approximate surface area is 573 Å². The lowest BCUT2D eigenvalue weighted by Gasteiger charge is -2.60. The van der Waals surface area contributed by atoms with Crippen LogP contribution in [-0.2, 0) is 30.4 Å². The first-order valence-electron chi connectivity index (χ1n) is 33.2. The molecule has 99 heavy (non-hydrogen) atoms. The number of imide groups is 2. The number of carbonyl (C=O) groups excluding carboxylic acids is 4. The molecule has 10 heterocycles. The number of phenolic OH excluding ortho intramolecular Hbond substituents is 1. The minimum Gasteiger partial charge on any atom is -0.504 e. The van der Waals surface area contributed by atoms with Gasteiger partial charge >= 0.3 is 0 Å². The molecule has 2 fully saturated rings. The summed E-state index contributed by atoms with van der Waals surface area (Å²) in [5.41, 5.74) is 11.8. The molecule has 6 aromatic carbocycles. The zero-order valence-electron chi connectivity index (χ0n) is 56.6. The predicted molar refractivity (Wildman–Crippen MR) is 358 cm³/mol. The summed E-state index contributed by atoms with van der Waals surface area (Å²) in [6.07, 6.45) is 5.37. The van der Waals surface area contributed by atoms with Crippen LogP contribution in [-0.4, -0.2) is 176 Å². The number of ether oxygens (including phenoxy) is 10. The number of nitrogens with zero attached hydrogens (tertiary/aromatic N) is 8. The van der Waals surface area contributed by atoms with Gasteiger partial charge in [0.25, 0.3) is 23.6 Å². The molecular weight excluding hydrogens is 1260 g/mol. The Morgan fingerprint density at radius 1 is 0.535 bits per heavy atom. The Morgan fingerprint density at radius 3 is 1.34 bits per heavy atom. The third-order valence-corrected chi connectivity index (χ3v) is 22.0. The van der Waals surface area contributed by atoms with Gasteiger partial charge in [-0.2, -0.15) is 10.5 Å². The standard InChI is InChI=1S/C39H40N4O8.C37H36N4O7/c1-7-12-48-34-21(3)35-37(51-19-50-35)31-25(34)15-27-32-30-22(13-20(2)33(47-6)36(30)49-18-46-5)14-26(41(32)4)28(16-40)43(27)29(31)17-42-38(44)23-10-8-9-11-24(23)39(42)45;1-6-11-46-33-19(3)34-35(48-17-47-34)29-23(33)14-25-30-28-20(12-18(2)32(45-5)31(28)42)13-24(39(30)4)26(15-38)41(25)27(29)16-40-36(43)21-9-7-8-10-22(21)37(40)44/h7-11,13,26-29,32H,1,12,14-15,17-19H2,2-6H3;6-10,12,24-27,30,42H,1,11,13-14,16-17H2,2-5H3/t26-,27?,28?,29-,32-;24-,25?,26?,27-,30-/m00/s1. The number of hydrogen-bond donors (Lipinski definition) is 1. The van der Waals surface area contributed by atoms with Crippen molar-refractivity contribution in [3.05, 3.63) is 175 Å². The molecule has 1 N–H and O–H groups in total. The van der Waals surface area contributed by atoms with Gasteiger partial charge in [0.1, 0.15) is 36.8 Å². The van der Waals surface area contributed by atoms with E-state index in [9.17, 15) is 34.8 Å². The molecule has 2 saturated heterocycles. The number of rotatable bonds is 15. The van der Waals surface area contributed by atoms with E-state index in [0.29, 0.717) is 99.7 Å². The lowest BCUT2D eigenvalue weighted by Crippen LogP contribution is -2.69. The molecule has 0 aliphatic carbocycles. The second-order valence-corrected chi connectivity index (χ2v) is 26.8. The average molecular weight is 1340 g/mol. The SMILES string of the molecule is C=CCOc1c(C)c2c(c3c1CC1[C@H]4c5c(cc(C)c(OC)c5O)C[C@@H](C(C#N)N1[C@H]3CN1C(=O)c3ccccc3C1=O)N4C)OCO2.C=CCOc1c(C)c2c(c3c1CC1[C@H]4c5c(cc(C)c(OC)c5OCOC)C[C@@H](C(C#N)N1[C@H]3CN1C(=O)c3ccccc3C1=O)N4C)OCO2. The minimum atomic E-state index is -0.650. The number of fused-ring (bicyclic) bond motifs is 20. The van der Waals surface area contributed by atoms with E-state index >= 15 is 0 Å². The number of nitriles is 2. The first-order chi connectivity index (χ1) is 48.0. The first kappa shape index (κ1) is 64.8. The highest BCUT2D eigenvalue weighted by Gasteiger charge is 2.60. The smallest absolute Gasteiger partial charge is 0.261 e. The molecule has 0 saturated carbocycles. The molecule has 23 nitrogen and oxygen atoms in total. The van der Waals surface area contributed by atoms with E-state index in [4.69, 9.17) is 47.4 Å². The maximum Gasteiger partial charge on any atom is 0.261 e. The van der Waals surface area contributed by atoms with Crippen LogP contribution in [0.5, 0.6) is 57.5 Å². The predicted octanol–water partition coefficient (Wildman–Crippen LogP) is 9.03. The van der Waals surface area contributed by atoms with E-state index in [1.54, 1.807) is 82.0 Å². The molecule has 510 valence electrons. The summed E-state index contributed by atoms with van der Waals surface area (Å²) in [7, 11) is 8.82. The highest BCUT2D eigenvalue weighted by molar-refractivity contribution is 6.22. The van der Waals surface area contributed by atoms with E-state index in [1.807, 2.05) is 34.7 Å². The topological polar surface area (TPSA) is 248 Å². The molecule has 0 spiro atoms. The number of amides is 4. The highest BCUT2D eigenvalue weighted by atomic mass is 16.7. The summed E-state index contributed by atoms with van der Waals surface area (Å²) in [6, 6.07) is 18.9. The molecule has 4 bridgehead atoms. The molecule has 0 aromatic heterocycles. The van der Waals surface area contributed by atoms with Crippen LogP contribution in [0.4, 0.5) is 0 Å². The summed E-state index contributed by atoms with van der Waals surface area (Å²) < 4.78 is 60.5. The first-order valence-corrected chi connectivity index (χ1v) is 33.2. The number of phenols is 1. The minimum absolute atomic E-state index is 0.00590. The van der Waals surface area contributed by atoms with Gasteiger partial charge < -0.3 is 52.5 Å². The van der Waals surface area contributed by atoms with Gasteiger partial charge in [0.05, 0.1) is 72.8 Å². The molecule has 4 amide bonds. The quantitative estimate of drug-likeness (QED) is 0.0572. The van der Waals surface area contributed by atoms with Crippen molar-refractivity contribution in [3.8, 4) is 69.6 Å². The molecule has 10 aliphatic heterocycles. The Hall–Kier alpha value is -10.1. The van der Waals surface area contributed by atoms with Crippen LogP contribution >= 0.6 is 0 Å². The summed E-state index contributed by atoms with van der Waals surface area (Å²) in [5.74, 6) is 3.70. The van der Waals surface area contributed by atoms with Crippen molar-refractivity contribution in [1.82, 2.24) is 29.4 Å². The number of benzene rings is 6. The van der Waals surface area contributed by atoms with Crippen LogP contribution in [0.2, 0.25) is 0 Å². The van der Waals surface area contributed by atoms with Crippen molar-refractivity contribution in [2.45, 2.75) is 114 Å². The molecule has 0 radical (unpaired) electrons. The third kappa shape index (κ3) is 9.59. The van der Waals surface area contributed by atoms with Gasteiger partial charge in [-0.15, -0.1) is 0 Å². The maximum atomic E-state index is 13.9. The second-order valence-electron chi connectivity index (χ2n) is 26.8. The van der Waals surface area contributed by atoms with Crippen LogP contribution in [0.25, 0.3) is 0 Å². The van der Waals surface area contributed by atoms with Gasteiger partial charge in [-0.05, 0) is 114 Å². The summed E-state index contributed by atoms with van der Waals surface area (Å²) >= 11 is 0. The number of piperazine rings is 2. The van der Waals surface area contributed by atoms with Crippen LogP contribution in [0.15, 0.2) is 86.0 Å². The van der Waals surface area contributed by atoms with Crippen molar-refractivity contribution in [1.29, 1.82) is 10.5 Å². The fourth-order valence-electron chi connectivity index (χ4n) is 18.1. The monoisotopic (exact) mass is 1340 g/mol.